The van der Waals surface area contributed by atoms with Crippen LogP contribution in [0.5, 0.6) is 0 Å². The lowest BCUT2D eigenvalue weighted by molar-refractivity contribution is -0.154. The quantitative estimate of drug-likeness (QED) is 0.0352. The fourth-order valence-corrected chi connectivity index (χ4v) is 9.59. The number of phosphoric ester groups is 1. The van der Waals surface area contributed by atoms with Gasteiger partial charge >= 0.3 is 13.8 Å². The standard InChI is InChI=1S/C55H112NO7P/c1-3-5-7-9-11-13-15-17-19-21-22-23-24-25-26-27-28-29-30-31-32-33-34-36-38-40-42-44-46-48-55(57)63-54(53-62-64(58,59)61-51-49-56)52-60-50-47-45-43-41-39-37-35-20-18-16-14-12-10-8-6-4-2/h54H,3-53,56H2,1-2H3,(H,58,59)/t54-/m1/s1. The third kappa shape index (κ3) is 52.5. The molecule has 2 atom stereocenters. The fraction of sp³-hybridized carbons (Fsp3) is 0.982. The molecular formula is C55H112NO7P. The number of carbonyl (C=O) groups is 1. The van der Waals surface area contributed by atoms with Gasteiger partial charge in [0.2, 0.25) is 0 Å². The lowest BCUT2D eigenvalue weighted by atomic mass is 10.0. The first-order valence-corrected chi connectivity index (χ1v) is 30.0. The van der Waals surface area contributed by atoms with Crippen LogP contribution in [0.3, 0.4) is 0 Å². The van der Waals surface area contributed by atoms with Gasteiger partial charge in [-0.1, -0.05) is 290 Å². The Kier molecular flexibility index (Phi) is 53.0. The van der Waals surface area contributed by atoms with Gasteiger partial charge in [0.05, 0.1) is 19.8 Å². The molecule has 0 amide bonds. The highest BCUT2D eigenvalue weighted by Crippen LogP contribution is 2.43. The van der Waals surface area contributed by atoms with Crippen LogP contribution in [0.1, 0.15) is 309 Å². The Bertz CT molecular complexity index is 955. The number of carbonyl (C=O) groups excluding carboxylic acids is 1. The van der Waals surface area contributed by atoms with Crippen LogP contribution in [0, 0.1) is 0 Å². The van der Waals surface area contributed by atoms with E-state index < -0.39 is 13.9 Å². The molecule has 0 radical (unpaired) electrons. The maximum atomic E-state index is 12.7. The largest absolute Gasteiger partial charge is 0.472 e. The van der Waals surface area contributed by atoms with Gasteiger partial charge in [0.15, 0.2) is 0 Å². The van der Waals surface area contributed by atoms with Crippen molar-refractivity contribution in [2.75, 3.05) is 33.0 Å². The second-order valence-corrected chi connectivity index (χ2v) is 21.0. The normalized spacial score (nSPS) is 13.1. The Morgan fingerprint density at radius 2 is 0.688 bits per heavy atom. The lowest BCUT2D eigenvalue weighted by Gasteiger charge is -2.20. The van der Waals surface area contributed by atoms with Gasteiger partial charge in [0.1, 0.15) is 6.10 Å². The van der Waals surface area contributed by atoms with E-state index in [0.717, 1.165) is 32.1 Å². The molecule has 8 nitrogen and oxygen atoms in total. The lowest BCUT2D eigenvalue weighted by Crippen LogP contribution is -2.28. The maximum Gasteiger partial charge on any atom is 0.472 e. The van der Waals surface area contributed by atoms with Gasteiger partial charge in [-0.15, -0.1) is 0 Å². The van der Waals surface area contributed by atoms with Crippen molar-refractivity contribution in [2.45, 2.75) is 315 Å². The van der Waals surface area contributed by atoms with E-state index in [9.17, 15) is 14.3 Å². The van der Waals surface area contributed by atoms with Gasteiger partial charge in [-0.25, -0.2) is 4.57 Å². The number of phosphoric acid groups is 1. The molecule has 0 saturated heterocycles. The summed E-state index contributed by atoms with van der Waals surface area (Å²) in [5.41, 5.74) is 5.40. The van der Waals surface area contributed by atoms with Crippen LogP contribution >= 0.6 is 7.82 Å². The number of hydrogen-bond donors (Lipinski definition) is 2. The molecule has 0 spiro atoms. The molecule has 0 aliphatic carbocycles. The van der Waals surface area contributed by atoms with Crippen molar-refractivity contribution in [1.29, 1.82) is 0 Å². The number of nitrogens with two attached hydrogens (primary N) is 1. The second kappa shape index (κ2) is 53.5. The minimum atomic E-state index is -4.28. The minimum absolute atomic E-state index is 0.0896. The number of ether oxygens (including phenoxy) is 2. The monoisotopic (exact) mass is 930 g/mol. The average molecular weight is 930 g/mol. The van der Waals surface area contributed by atoms with Crippen LogP contribution < -0.4 is 5.73 Å². The summed E-state index contributed by atoms with van der Waals surface area (Å²) in [7, 11) is -4.28. The van der Waals surface area contributed by atoms with E-state index in [0.29, 0.717) is 13.0 Å². The van der Waals surface area contributed by atoms with Gasteiger partial charge in [0, 0.05) is 19.6 Å². The summed E-state index contributed by atoms with van der Waals surface area (Å²) in [4.78, 5) is 22.6. The third-order valence-corrected chi connectivity index (χ3v) is 14.0. The summed E-state index contributed by atoms with van der Waals surface area (Å²) in [5, 5.41) is 0. The predicted molar refractivity (Wildman–Crippen MR) is 275 cm³/mol. The number of hydrogen-bond acceptors (Lipinski definition) is 7. The smallest absolute Gasteiger partial charge is 0.457 e. The molecular weight excluding hydrogens is 818 g/mol. The minimum Gasteiger partial charge on any atom is -0.457 e. The second-order valence-electron chi connectivity index (χ2n) is 19.5. The number of esters is 1. The maximum absolute atomic E-state index is 12.7. The van der Waals surface area contributed by atoms with Gasteiger partial charge in [-0.3, -0.25) is 13.8 Å². The van der Waals surface area contributed by atoms with Crippen LogP contribution in [-0.2, 0) is 27.9 Å². The molecule has 9 heteroatoms. The van der Waals surface area contributed by atoms with Crippen molar-refractivity contribution >= 4 is 13.8 Å². The van der Waals surface area contributed by atoms with E-state index in [1.165, 1.54) is 257 Å². The van der Waals surface area contributed by atoms with Gasteiger partial charge < -0.3 is 20.1 Å². The van der Waals surface area contributed by atoms with Crippen molar-refractivity contribution in [1.82, 2.24) is 0 Å². The van der Waals surface area contributed by atoms with E-state index in [-0.39, 0.29) is 32.3 Å². The highest BCUT2D eigenvalue weighted by Gasteiger charge is 2.25. The number of unbranched alkanes of at least 4 members (excludes halogenated alkanes) is 43. The zero-order chi connectivity index (χ0) is 46.5. The molecule has 1 unspecified atom stereocenters. The highest BCUT2D eigenvalue weighted by molar-refractivity contribution is 7.47. The first-order chi connectivity index (χ1) is 31.4. The van der Waals surface area contributed by atoms with E-state index in [4.69, 9.17) is 24.3 Å². The Hall–Kier alpha value is -0.500. The summed E-state index contributed by atoms with van der Waals surface area (Å²) < 4.78 is 33.6. The summed E-state index contributed by atoms with van der Waals surface area (Å²) in [6, 6.07) is 0. The Balaban J connectivity index is 3.76. The predicted octanol–water partition coefficient (Wildman–Crippen LogP) is 18.0. The van der Waals surface area contributed by atoms with Crippen molar-refractivity contribution in [3.63, 3.8) is 0 Å². The molecule has 0 rings (SSSR count). The van der Waals surface area contributed by atoms with Gasteiger partial charge in [0.25, 0.3) is 0 Å². The molecule has 0 aromatic carbocycles. The van der Waals surface area contributed by atoms with Crippen molar-refractivity contribution in [3.8, 4) is 0 Å². The molecule has 0 heterocycles. The zero-order valence-corrected chi connectivity index (χ0v) is 44.0. The Morgan fingerprint density at radius 3 is 0.984 bits per heavy atom. The number of rotatable bonds is 56. The highest BCUT2D eigenvalue weighted by atomic mass is 31.2. The first kappa shape index (κ1) is 63.5. The summed E-state index contributed by atoms with van der Waals surface area (Å²) >= 11 is 0. The first-order valence-electron chi connectivity index (χ1n) is 28.5. The van der Waals surface area contributed by atoms with Gasteiger partial charge in [-0.05, 0) is 12.8 Å². The van der Waals surface area contributed by atoms with Crippen LogP contribution in [0.25, 0.3) is 0 Å². The molecule has 0 aliphatic rings. The molecule has 0 fully saturated rings. The Morgan fingerprint density at radius 1 is 0.406 bits per heavy atom. The molecule has 64 heavy (non-hydrogen) atoms. The van der Waals surface area contributed by atoms with E-state index in [1.54, 1.807) is 0 Å². The topological polar surface area (TPSA) is 117 Å². The average Bonchev–Trinajstić information content (AvgIpc) is 3.29. The fourth-order valence-electron chi connectivity index (χ4n) is 8.83. The Labute approximate surface area is 399 Å². The van der Waals surface area contributed by atoms with Crippen molar-refractivity contribution in [3.05, 3.63) is 0 Å². The zero-order valence-electron chi connectivity index (χ0n) is 43.1. The van der Waals surface area contributed by atoms with E-state index in [1.807, 2.05) is 0 Å². The van der Waals surface area contributed by atoms with E-state index >= 15 is 0 Å². The molecule has 0 aromatic heterocycles. The summed E-state index contributed by atoms with van der Waals surface area (Å²) in [5.74, 6) is -0.319. The van der Waals surface area contributed by atoms with Crippen LogP contribution in [0.2, 0.25) is 0 Å². The SMILES string of the molecule is CCCCCCCCCCCCCCCCCCCCCCCCCCCCCCCC(=O)O[C@H](COCCCCCCCCCCCCCCCCCC)COP(=O)(O)OCCN. The van der Waals surface area contributed by atoms with Crippen molar-refractivity contribution in [2.24, 2.45) is 5.73 Å². The molecule has 0 bridgehead atoms. The molecule has 384 valence electrons. The molecule has 0 aromatic rings. The van der Waals surface area contributed by atoms with Crippen LogP contribution in [0.4, 0.5) is 0 Å². The van der Waals surface area contributed by atoms with Crippen molar-refractivity contribution < 1.29 is 32.8 Å². The van der Waals surface area contributed by atoms with Crippen LogP contribution in [0.15, 0.2) is 0 Å². The third-order valence-electron chi connectivity index (χ3n) is 13.0. The van der Waals surface area contributed by atoms with Gasteiger partial charge in [-0.2, -0.15) is 0 Å². The molecule has 0 saturated carbocycles. The van der Waals surface area contributed by atoms with E-state index in [2.05, 4.69) is 13.8 Å². The summed E-state index contributed by atoms with van der Waals surface area (Å²) in [6.07, 6.45) is 60.2. The molecule has 3 N–H and O–H groups in total. The summed E-state index contributed by atoms with van der Waals surface area (Å²) in [6.45, 7) is 5.02. The molecule has 0 aliphatic heterocycles. The van der Waals surface area contributed by atoms with Crippen LogP contribution in [-0.4, -0.2) is 49.9 Å².